The number of amides is 1. The molecule has 25 heavy (non-hydrogen) atoms. The maximum Gasteiger partial charge on any atom is 0.411 e. The Balaban J connectivity index is 1.78. The molecule has 3 rings (SSSR count). The molecular weight excluding hydrogens is 333 g/mol. The Morgan fingerprint density at radius 2 is 2.08 bits per heavy atom. The molecule has 0 unspecified atom stereocenters. The van der Waals surface area contributed by atoms with Crippen LogP contribution in [-0.4, -0.2) is 36.3 Å². The predicted octanol–water partition coefficient (Wildman–Crippen LogP) is 3.42. The van der Waals surface area contributed by atoms with Crippen molar-refractivity contribution >= 4 is 16.8 Å². The van der Waals surface area contributed by atoms with E-state index in [1.54, 1.807) is 6.92 Å². The highest BCUT2D eigenvalue weighted by Crippen LogP contribution is 2.29. The molecule has 0 spiro atoms. The van der Waals surface area contributed by atoms with E-state index in [0.29, 0.717) is 5.56 Å². The maximum absolute atomic E-state index is 12.8. The number of pyridine rings is 1. The number of halogens is 3. The van der Waals surface area contributed by atoms with E-state index in [4.69, 9.17) is 0 Å². The lowest BCUT2D eigenvalue weighted by atomic mass is 10.0. The molecule has 1 aliphatic carbocycles. The van der Waals surface area contributed by atoms with Gasteiger partial charge in [-0.2, -0.15) is 13.2 Å². The lowest BCUT2D eigenvalue weighted by Gasteiger charge is -2.17. The summed E-state index contributed by atoms with van der Waals surface area (Å²) in [7, 11) is 0. The third kappa shape index (κ3) is 4.10. The molecule has 1 aromatic carbocycles. The Morgan fingerprint density at radius 3 is 2.84 bits per heavy atom. The van der Waals surface area contributed by atoms with Crippen molar-refractivity contribution in [2.75, 3.05) is 13.2 Å². The van der Waals surface area contributed by atoms with Gasteiger partial charge in [0.05, 0.1) is 17.7 Å². The minimum absolute atomic E-state index is 0.198. The minimum Gasteiger partial charge on any atom is -0.370 e. The first kappa shape index (κ1) is 17.7. The van der Waals surface area contributed by atoms with E-state index in [1.165, 1.54) is 0 Å². The Morgan fingerprint density at radius 1 is 1.32 bits per heavy atom. The zero-order chi connectivity index (χ0) is 18.0. The number of alkyl halides is 3. The maximum atomic E-state index is 12.8. The van der Waals surface area contributed by atoms with Gasteiger partial charge in [0.2, 0.25) is 0 Å². The SMILES string of the molecule is C[C@@H](COCC(F)(F)F)NC(=O)c1c2c(nc3ccccc13)CCC2. The molecule has 0 bridgehead atoms. The van der Waals surface area contributed by atoms with Crippen LogP contribution < -0.4 is 5.32 Å². The lowest BCUT2D eigenvalue weighted by molar-refractivity contribution is -0.174. The number of nitrogens with one attached hydrogen (secondary N) is 1. The van der Waals surface area contributed by atoms with Crippen LogP contribution in [0.25, 0.3) is 10.9 Å². The molecule has 2 aromatic rings. The molecule has 4 nitrogen and oxygen atoms in total. The third-order valence-electron chi connectivity index (χ3n) is 4.16. The smallest absolute Gasteiger partial charge is 0.370 e. The summed E-state index contributed by atoms with van der Waals surface area (Å²) in [5, 5.41) is 3.51. The number of benzene rings is 1. The highest BCUT2D eigenvalue weighted by molar-refractivity contribution is 6.07. The van der Waals surface area contributed by atoms with Crippen molar-refractivity contribution in [2.24, 2.45) is 0 Å². The number of aromatic nitrogens is 1. The average molecular weight is 352 g/mol. The van der Waals surface area contributed by atoms with Crippen molar-refractivity contribution in [3.63, 3.8) is 0 Å². The second-order valence-electron chi connectivity index (χ2n) is 6.29. The molecule has 0 aliphatic heterocycles. The highest BCUT2D eigenvalue weighted by atomic mass is 19.4. The predicted molar refractivity (Wildman–Crippen MR) is 87.6 cm³/mol. The Bertz CT molecular complexity index is 790. The number of carbonyl (C=O) groups excluding carboxylic acids is 1. The summed E-state index contributed by atoms with van der Waals surface area (Å²) in [6.07, 6.45) is -1.80. The molecule has 0 saturated carbocycles. The Hall–Kier alpha value is -2.15. The molecule has 0 radical (unpaired) electrons. The quantitative estimate of drug-likeness (QED) is 0.897. The highest BCUT2D eigenvalue weighted by Gasteiger charge is 2.28. The molecule has 1 aliphatic rings. The number of hydrogen-bond acceptors (Lipinski definition) is 3. The van der Waals surface area contributed by atoms with Crippen LogP contribution in [-0.2, 0) is 17.6 Å². The van der Waals surface area contributed by atoms with Gasteiger partial charge in [0.15, 0.2) is 0 Å². The van der Waals surface area contributed by atoms with Crippen molar-refractivity contribution in [1.82, 2.24) is 10.3 Å². The number of rotatable bonds is 5. The van der Waals surface area contributed by atoms with Crippen LogP contribution in [0.1, 0.15) is 35.0 Å². The van der Waals surface area contributed by atoms with Crippen molar-refractivity contribution in [2.45, 2.75) is 38.4 Å². The minimum atomic E-state index is -4.37. The molecule has 134 valence electrons. The molecule has 1 heterocycles. The number of aryl methyl sites for hydroxylation is 1. The Kier molecular flexibility index (Phi) is 4.94. The van der Waals surface area contributed by atoms with Crippen LogP contribution in [0, 0.1) is 0 Å². The zero-order valence-corrected chi connectivity index (χ0v) is 13.8. The molecule has 1 aromatic heterocycles. The molecular formula is C18H19F3N2O2. The summed E-state index contributed by atoms with van der Waals surface area (Å²) in [6, 6.07) is 6.89. The first-order valence-electron chi connectivity index (χ1n) is 8.21. The summed E-state index contributed by atoms with van der Waals surface area (Å²) < 4.78 is 41.0. The van der Waals surface area contributed by atoms with Crippen LogP contribution >= 0.6 is 0 Å². The standard InChI is InChI=1S/C18H19F3N2O2/c1-11(9-25-10-18(19,20)21)22-17(24)16-12-5-2-3-7-14(12)23-15-8-4-6-13(15)16/h2-3,5,7,11H,4,6,8-10H2,1H3,(H,22,24)/t11-/m0/s1. The summed E-state index contributed by atoms with van der Waals surface area (Å²) >= 11 is 0. The topological polar surface area (TPSA) is 51.2 Å². The molecule has 0 saturated heterocycles. The van der Waals surface area contributed by atoms with E-state index in [9.17, 15) is 18.0 Å². The lowest BCUT2D eigenvalue weighted by Crippen LogP contribution is -2.37. The van der Waals surface area contributed by atoms with Crippen LogP contribution in [0.3, 0.4) is 0 Å². The number of para-hydroxylation sites is 1. The van der Waals surface area contributed by atoms with Gasteiger partial charge in [0.1, 0.15) is 6.61 Å². The number of carbonyl (C=O) groups is 1. The number of ether oxygens (including phenoxy) is 1. The second kappa shape index (κ2) is 7.00. The molecule has 1 N–H and O–H groups in total. The summed E-state index contributed by atoms with van der Waals surface area (Å²) in [6.45, 7) is 0.106. The fourth-order valence-corrected chi connectivity index (χ4v) is 3.16. The van der Waals surface area contributed by atoms with Crippen molar-refractivity contribution in [3.8, 4) is 0 Å². The first-order chi connectivity index (χ1) is 11.8. The largest absolute Gasteiger partial charge is 0.411 e. The van der Waals surface area contributed by atoms with Crippen LogP contribution in [0.15, 0.2) is 24.3 Å². The van der Waals surface area contributed by atoms with Gasteiger partial charge in [-0.25, -0.2) is 0 Å². The van der Waals surface area contributed by atoms with E-state index in [-0.39, 0.29) is 12.5 Å². The molecule has 7 heteroatoms. The van der Waals surface area contributed by atoms with Crippen molar-refractivity contribution in [3.05, 3.63) is 41.1 Å². The van der Waals surface area contributed by atoms with E-state index in [0.717, 1.165) is 41.4 Å². The molecule has 0 fully saturated rings. The number of nitrogens with zero attached hydrogens (tertiary/aromatic N) is 1. The van der Waals surface area contributed by atoms with Crippen LogP contribution in [0.5, 0.6) is 0 Å². The number of fused-ring (bicyclic) bond motifs is 2. The Labute approximate surface area is 143 Å². The van der Waals surface area contributed by atoms with Gasteiger partial charge >= 0.3 is 6.18 Å². The molecule has 1 amide bonds. The van der Waals surface area contributed by atoms with E-state index < -0.39 is 18.8 Å². The second-order valence-corrected chi connectivity index (χ2v) is 6.29. The fraction of sp³-hybridized carbons (Fsp3) is 0.444. The summed E-state index contributed by atoms with van der Waals surface area (Å²) in [4.78, 5) is 17.4. The van der Waals surface area contributed by atoms with E-state index >= 15 is 0 Å². The summed E-state index contributed by atoms with van der Waals surface area (Å²) in [5.74, 6) is -0.292. The monoisotopic (exact) mass is 352 g/mol. The van der Waals surface area contributed by atoms with Gasteiger partial charge in [0.25, 0.3) is 5.91 Å². The van der Waals surface area contributed by atoms with E-state index in [1.807, 2.05) is 24.3 Å². The van der Waals surface area contributed by atoms with Gasteiger partial charge in [-0.3, -0.25) is 9.78 Å². The third-order valence-corrected chi connectivity index (χ3v) is 4.16. The van der Waals surface area contributed by atoms with Gasteiger partial charge in [-0.05, 0) is 37.8 Å². The zero-order valence-electron chi connectivity index (χ0n) is 13.8. The average Bonchev–Trinajstić information content (AvgIpc) is 2.98. The summed E-state index contributed by atoms with van der Waals surface area (Å²) in [5.41, 5.74) is 3.22. The van der Waals surface area contributed by atoms with Gasteiger partial charge in [-0.1, -0.05) is 18.2 Å². The first-order valence-corrected chi connectivity index (χ1v) is 8.21. The van der Waals surface area contributed by atoms with Crippen molar-refractivity contribution in [1.29, 1.82) is 0 Å². The number of hydrogen-bond donors (Lipinski definition) is 1. The normalized spacial score (nSPS) is 15.2. The fourth-order valence-electron chi connectivity index (χ4n) is 3.16. The van der Waals surface area contributed by atoms with Crippen molar-refractivity contribution < 1.29 is 22.7 Å². The van der Waals surface area contributed by atoms with E-state index in [2.05, 4.69) is 15.0 Å². The van der Waals surface area contributed by atoms with Crippen LogP contribution in [0.2, 0.25) is 0 Å². The molecule has 1 atom stereocenters. The van der Waals surface area contributed by atoms with Gasteiger partial charge in [0, 0.05) is 17.1 Å². The van der Waals surface area contributed by atoms with Crippen LogP contribution in [0.4, 0.5) is 13.2 Å². The van der Waals surface area contributed by atoms with Gasteiger partial charge in [-0.15, -0.1) is 0 Å². The van der Waals surface area contributed by atoms with Gasteiger partial charge < -0.3 is 10.1 Å².